The number of rotatable bonds is 7. The number of ether oxygens (including phenoxy) is 5. The van der Waals surface area contributed by atoms with Gasteiger partial charge in [0.2, 0.25) is 12.6 Å². The summed E-state index contributed by atoms with van der Waals surface area (Å²) >= 11 is 0. The molecule has 0 bridgehead atoms. The Kier molecular flexibility index (Phi) is 9.17. The average molecular weight is 615 g/mol. The van der Waals surface area contributed by atoms with E-state index in [1.165, 1.54) is 30.3 Å². The second-order valence-corrected chi connectivity index (χ2v) is 10.6. The number of aliphatic hydroxyl groups is 9. The first-order chi connectivity index (χ1) is 20.4. The molecular weight excluding hydrogens is 580 g/mol. The number of fused-ring (bicyclic) bond motifs is 1. The fourth-order valence-electron chi connectivity index (χ4n) is 5.22. The molecule has 238 valence electrons. The van der Waals surface area contributed by atoms with E-state index in [1.54, 1.807) is 0 Å². The zero-order valence-corrected chi connectivity index (χ0v) is 22.4. The van der Waals surface area contributed by atoms with Crippen LogP contribution in [0.4, 0.5) is 0 Å². The van der Waals surface area contributed by atoms with Crippen LogP contribution in [-0.4, -0.2) is 137 Å². The molecule has 0 unspecified atom stereocenters. The molecule has 16 nitrogen and oxygen atoms in total. The lowest BCUT2D eigenvalue weighted by molar-refractivity contribution is -0.277. The minimum atomic E-state index is -1.74. The highest BCUT2D eigenvalue weighted by atomic mass is 16.7. The molecule has 0 amide bonds. The van der Waals surface area contributed by atoms with E-state index in [0.717, 1.165) is 0 Å². The summed E-state index contributed by atoms with van der Waals surface area (Å²) in [4.78, 5) is 0. The first-order valence-corrected chi connectivity index (χ1v) is 13.4. The average Bonchev–Trinajstić information content (AvgIpc) is 2.98. The van der Waals surface area contributed by atoms with E-state index in [0.29, 0.717) is 0 Å². The van der Waals surface area contributed by atoms with Gasteiger partial charge in [0.15, 0.2) is 11.5 Å². The molecule has 3 aliphatic heterocycles. The predicted octanol–water partition coefficient (Wildman–Crippen LogP) is -3.51. The Morgan fingerprint density at radius 1 is 0.674 bits per heavy atom. The summed E-state index contributed by atoms with van der Waals surface area (Å²) in [6.45, 7) is -1.37. The Morgan fingerprint density at radius 2 is 1.23 bits per heavy atom. The van der Waals surface area contributed by atoms with E-state index in [1.807, 2.05) is 0 Å². The van der Waals surface area contributed by atoms with Crippen molar-refractivity contribution in [2.24, 2.45) is 0 Å². The zero-order chi connectivity index (χ0) is 31.2. The molecule has 3 heterocycles. The van der Waals surface area contributed by atoms with Crippen molar-refractivity contribution < 1.29 is 79.9 Å². The molecule has 0 saturated carbocycles. The summed E-state index contributed by atoms with van der Waals surface area (Å²) in [5.41, 5.74) is 0.533. The van der Waals surface area contributed by atoms with Crippen molar-refractivity contribution in [2.45, 2.75) is 80.0 Å². The minimum Gasteiger partial charge on any atom is -0.508 e. The summed E-state index contributed by atoms with van der Waals surface area (Å²) in [5.74, 6) is -0.982. The number of aromatic hydroxyl groups is 2. The molecule has 0 spiro atoms. The highest BCUT2D eigenvalue weighted by molar-refractivity contribution is 5.53. The largest absolute Gasteiger partial charge is 0.508 e. The van der Waals surface area contributed by atoms with Crippen molar-refractivity contribution in [1.82, 2.24) is 0 Å². The SMILES string of the molecule is OC[C@H]1O[C@@H](Oc2cc([C@H]3Oc4cc(O)cc(O[C@@H]5O[C@H](CO)[C@@H](O)[C@H](O)[C@H]5O)c4C[C@H]3O)ccc2O)[C@H](O)[C@@H](O)[C@@H]1O. The van der Waals surface area contributed by atoms with Crippen molar-refractivity contribution in [3.8, 4) is 28.7 Å². The molecule has 0 aromatic heterocycles. The Morgan fingerprint density at radius 3 is 1.79 bits per heavy atom. The third kappa shape index (κ3) is 6.04. The van der Waals surface area contributed by atoms with Gasteiger partial charge in [-0.2, -0.15) is 0 Å². The van der Waals surface area contributed by atoms with Gasteiger partial charge in [0, 0.05) is 24.1 Å². The lowest BCUT2D eigenvalue weighted by Gasteiger charge is -2.40. The third-order valence-corrected chi connectivity index (χ3v) is 7.67. The fourth-order valence-corrected chi connectivity index (χ4v) is 5.22. The maximum absolute atomic E-state index is 11.0. The Hall–Kier alpha value is -3.00. The van der Waals surface area contributed by atoms with E-state index >= 15 is 0 Å². The zero-order valence-electron chi connectivity index (χ0n) is 22.4. The summed E-state index contributed by atoms with van der Waals surface area (Å²) in [6, 6.07) is 6.34. The molecule has 5 rings (SSSR count). The molecule has 16 heteroatoms. The van der Waals surface area contributed by atoms with Gasteiger partial charge in [0.25, 0.3) is 0 Å². The first-order valence-electron chi connectivity index (χ1n) is 13.4. The maximum Gasteiger partial charge on any atom is 0.229 e. The molecule has 2 aromatic carbocycles. The van der Waals surface area contributed by atoms with Crippen molar-refractivity contribution in [2.75, 3.05) is 13.2 Å². The van der Waals surface area contributed by atoms with Gasteiger partial charge in [-0.15, -0.1) is 0 Å². The lowest BCUT2D eigenvalue weighted by Crippen LogP contribution is -2.60. The fraction of sp³-hybridized carbons (Fsp3) is 0.556. The van der Waals surface area contributed by atoms with E-state index in [9.17, 15) is 56.2 Å². The van der Waals surface area contributed by atoms with Gasteiger partial charge in [0.05, 0.1) is 19.3 Å². The van der Waals surface area contributed by atoms with Gasteiger partial charge in [-0.05, 0) is 17.7 Å². The van der Waals surface area contributed by atoms with Crippen molar-refractivity contribution >= 4 is 0 Å². The highest BCUT2D eigenvalue weighted by Gasteiger charge is 2.46. The molecule has 2 saturated heterocycles. The lowest BCUT2D eigenvalue weighted by atomic mass is 9.93. The minimum absolute atomic E-state index is 0.0689. The van der Waals surface area contributed by atoms with E-state index < -0.39 is 92.6 Å². The number of phenolic OH excluding ortho intramolecular Hbond substituents is 2. The standard InChI is InChI=1S/C27H34O16/c28-7-17-19(33)21(35)23(37)26(42-17)40-15-5-10(30)4-14-11(15)6-13(32)25(39-14)9-1-2-12(31)16(3-9)41-27-24(38)22(36)20(34)18(8-29)43-27/h1-5,13,17-38H,6-8H2/t13-,17-,18-,19-,20-,21+,22+,23-,24-,25-,26-,27-/m1/s1. The Bertz CT molecular complexity index is 1270. The molecular formula is C27H34O16. The van der Waals surface area contributed by atoms with Crippen molar-refractivity contribution in [1.29, 1.82) is 0 Å². The topological polar surface area (TPSA) is 269 Å². The van der Waals surface area contributed by atoms with Crippen LogP contribution in [0.2, 0.25) is 0 Å². The maximum atomic E-state index is 11.0. The van der Waals surface area contributed by atoms with Crippen LogP contribution in [-0.2, 0) is 15.9 Å². The van der Waals surface area contributed by atoms with E-state index in [2.05, 4.69) is 0 Å². The molecule has 0 radical (unpaired) electrons. The van der Waals surface area contributed by atoms with Gasteiger partial charge < -0.3 is 79.9 Å². The molecule has 12 atom stereocenters. The Labute approximate surface area is 243 Å². The molecule has 2 aromatic rings. The Balaban J connectivity index is 1.37. The molecule has 11 N–H and O–H groups in total. The van der Waals surface area contributed by atoms with Crippen LogP contribution >= 0.6 is 0 Å². The molecule has 2 fully saturated rings. The summed E-state index contributed by atoms with van der Waals surface area (Å²) in [7, 11) is 0. The first kappa shape index (κ1) is 31.4. The van der Waals surface area contributed by atoms with E-state index in [4.69, 9.17) is 23.7 Å². The number of aliphatic hydroxyl groups excluding tert-OH is 9. The van der Waals surface area contributed by atoms with Crippen molar-refractivity contribution in [3.05, 3.63) is 41.5 Å². The van der Waals surface area contributed by atoms with Crippen LogP contribution in [0.3, 0.4) is 0 Å². The quantitative estimate of drug-likeness (QED) is 0.144. The highest BCUT2D eigenvalue weighted by Crippen LogP contribution is 2.44. The smallest absolute Gasteiger partial charge is 0.229 e. The number of benzene rings is 2. The van der Waals surface area contributed by atoms with Crippen LogP contribution in [0.15, 0.2) is 30.3 Å². The van der Waals surface area contributed by atoms with Crippen LogP contribution in [0, 0.1) is 0 Å². The second-order valence-electron chi connectivity index (χ2n) is 10.6. The van der Waals surface area contributed by atoms with Gasteiger partial charge in [-0.25, -0.2) is 0 Å². The second kappa shape index (κ2) is 12.5. The molecule has 3 aliphatic rings. The van der Waals surface area contributed by atoms with Crippen molar-refractivity contribution in [3.63, 3.8) is 0 Å². The van der Waals surface area contributed by atoms with Gasteiger partial charge >= 0.3 is 0 Å². The van der Waals surface area contributed by atoms with Crippen LogP contribution in [0.1, 0.15) is 17.2 Å². The van der Waals surface area contributed by atoms with Gasteiger partial charge in [-0.1, -0.05) is 6.07 Å². The monoisotopic (exact) mass is 614 g/mol. The number of hydrogen-bond donors (Lipinski definition) is 11. The molecule has 0 aliphatic carbocycles. The van der Waals surface area contributed by atoms with Crippen LogP contribution < -0.4 is 14.2 Å². The normalized spacial score (nSPS) is 37.7. The summed E-state index contributed by atoms with van der Waals surface area (Å²) in [6.07, 6.45) is -18.2. The van der Waals surface area contributed by atoms with E-state index in [-0.39, 0.29) is 40.5 Å². The number of hydrogen-bond acceptors (Lipinski definition) is 16. The molecule has 43 heavy (non-hydrogen) atoms. The summed E-state index contributed by atoms with van der Waals surface area (Å²) in [5, 5.41) is 111. The van der Waals surface area contributed by atoms with Crippen LogP contribution in [0.5, 0.6) is 28.7 Å². The van der Waals surface area contributed by atoms with Crippen LogP contribution in [0.25, 0.3) is 0 Å². The third-order valence-electron chi connectivity index (χ3n) is 7.67. The van der Waals surface area contributed by atoms with Gasteiger partial charge in [-0.3, -0.25) is 0 Å². The predicted molar refractivity (Wildman–Crippen MR) is 138 cm³/mol. The number of phenols is 2. The summed E-state index contributed by atoms with van der Waals surface area (Å²) < 4.78 is 27.9. The van der Waals surface area contributed by atoms with Gasteiger partial charge in [0.1, 0.15) is 72.2 Å².